The summed E-state index contributed by atoms with van der Waals surface area (Å²) in [5.41, 5.74) is 4.81. The normalized spacial score (nSPS) is 14.3. The summed E-state index contributed by atoms with van der Waals surface area (Å²) in [5.74, 6) is 0.394. The smallest absolute Gasteiger partial charge is 0.255 e. The number of anilines is 2. The molecule has 1 aromatic heterocycles. The van der Waals surface area contributed by atoms with Gasteiger partial charge in [-0.2, -0.15) is 0 Å². The van der Waals surface area contributed by atoms with E-state index in [1.807, 2.05) is 6.07 Å². The number of pyridine rings is 1. The van der Waals surface area contributed by atoms with Crippen molar-refractivity contribution in [3.63, 3.8) is 0 Å². The monoisotopic (exact) mass is 380 g/mol. The Morgan fingerprint density at radius 2 is 1.75 bits per heavy atom. The summed E-state index contributed by atoms with van der Waals surface area (Å²) in [6, 6.07) is 8.11. The van der Waals surface area contributed by atoms with Crippen LogP contribution in [0.1, 0.15) is 48.2 Å². The van der Waals surface area contributed by atoms with Gasteiger partial charge in [-0.05, 0) is 30.0 Å². The van der Waals surface area contributed by atoms with Gasteiger partial charge in [-0.1, -0.05) is 32.0 Å². The molecule has 1 aliphatic rings. The third-order valence-electron chi connectivity index (χ3n) is 5.19. The van der Waals surface area contributed by atoms with Gasteiger partial charge >= 0.3 is 0 Å². The summed E-state index contributed by atoms with van der Waals surface area (Å²) in [6.07, 6.45) is 3.34. The lowest BCUT2D eigenvalue weighted by Gasteiger charge is -2.34. The van der Waals surface area contributed by atoms with Crippen LogP contribution in [-0.2, 0) is 4.79 Å². The van der Waals surface area contributed by atoms with Crippen LogP contribution < -0.4 is 5.32 Å². The van der Waals surface area contributed by atoms with Crippen molar-refractivity contribution in [3.05, 3.63) is 53.3 Å². The second-order valence-electron chi connectivity index (χ2n) is 7.58. The fourth-order valence-corrected chi connectivity index (χ4v) is 3.52. The van der Waals surface area contributed by atoms with Crippen molar-refractivity contribution < 1.29 is 9.59 Å². The minimum absolute atomic E-state index is 0.0479. The van der Waals surface area contributed by atoms with Gasteiger partial charge in [0.15, 0.2) is 0 Å². The van der Waals surface area contributed by atoms with E-state index < -0.39 is 0 Å². The molecule has 1 fully saturated rings. The highest BCUT2D eigenvalue weighted by Gasteiger charge is 2.23. The van der Waals surface area contributed by atoms with Crippen molar-refractivity contribution >= 4 is 23.2 Å². The van der Waals surface area contributed by atoms with Crippen LogP contribution in [0.4, 0.5) is 11.4 Å². The first-order valence-corrected chi connectivity index (χ1v) is 9.73. The Hall–Kier alpha value is -2.89. The van der Waals surface area contributed by atoms with Crippen molar-refractivity contribution in [1.82, 2.24) is 14.8 Å². The first-order chi connectivity index (χ1) is 13.4. The molecule has 1 aliphatic heterocycles. The zero-order valence-corrected chi connectivity index (χ0v) is 17.0. The first-order valence-electron chi connectivity index (χ1n) is 9.73. The van der Waals surface area contributed by atoms with Crippen molar-refractivity contribution in [3.8, 4) is 0 Å². The van der Waals surface area contributed by atoms with Crippen LogP contribution >= 0.6 is 0 Å². The van der Waals surface area contributed by atoms with Gasteiger partial charge < -0.3 is 15.1 Å². The lowest BCUT2D eigenvalue weighted by atomic mass is 9.98. The van der Waals surface area contributed by atoms with E-state index in [0.29, 0.717) is 37.7 Å². The summed E-state index contributed by atoms with van der Waals surface area (Å²) in [7, 11) is 0. The van der Waals surface area contributed by atoms with Gasteiger partial charge in [-0.3, -0.25) is 14.6 Å². The number of aromatic nitrogens is 1. The Labute approximate surface area is 166 Å². The molecule has 1 N–H and O–H groups in total. The molecule has 2 aromatic rings. The number of nitrogens with one attached hydrogen (secondary N) is 1. The maximum atomic E-state index is 12.9. The molecule has 28 heavy (non-hydrogen) atoms. The number of carbonyl (C=O) groups is 2. The Morgan fingerprint density at radius 3 is 2.39 bits per heavy atom. The van der Waals surface area contributed by atoms with E-state index in [1.54, 1.807) is 29.1 Å². The van der Waals surface area contributed by atoms with Crippen molar-refractivity contribution in [2.75, 3.05) is 31.5 Å². The van der Waals surface area contributed by atoms with Crippen molar-refractivity contribution in [2.24, 2.45) is 0 Å². The molecule has 0 spiro atoms. The minimum atomic E-state index is -0.0479. The fourth-order valence-electron chi connectivity index (χ4n) is 3.52. The van der Waals surface area contributed by atoms with Crippen molar-refractivity contribution in [1.29, 1.82) is 0 Å². The van der Waals surface area contributed by atoms with Crippen LogP contribution in [0.5, 0.6) is 0 Å². The van der Waals surface area contributed by atoms with E-state index in [0.717, 1.165) is 16.9 Å². The largest absolute Gasteiger partial charge is 0.354 e. The second-order valence-corrected chi connectivity index (χ2v) is 7.58. The molecule has 0 radical (unpaired) electrons. The molecule has 0 atom stereocenters. The Morgan fingerprint density at radius 1 is 1.07 bits per heavy atom. The number of amides is 2. The molecule has 0 unspecified atom stereocenters. The molecule has 6 heteroatoms. The molecule has 148 valence electrons. The van der Waals surface area contributed by atoms with Gasteiger partial charge in [0.25, 0.3) is 5.91 Å². The van der Waals surface area contributed by atoms with Crippen LogP contribution in [0, 0.1) is 6.92 Å². The highest BCUT2D eigenvalue weighted by molar-refractivity contribution is 5.95. The van der Waals surface area contributed by atoms with Gasteiger partial charge in [0, 0.05) is 45.0 Å². The van der Waals surface area contributed by atoms with E-state index >= 15 is 0 Å². The number of hydrogen-bond donors (Lipinski definition) is 1. The Kier molecular flexibility index (Phi) is 5.97. The number of nitrogens with zero attached hydrogens (tertiary/aromatic N) is 3. The maximum Gasteiger partial charge on any atom is 0.255 e. The summed E-state index contributed by atoms with van der Waals surface area (Å²) < 4.78 is 0. The number of benzene rings is 1. The minimum Gasteiger partial charge on any atom is -0.354 e. The molecule has 2 amide bonds. The summed E-state index contributed by atoms with van der Waals surface area (Å²) in [4.78, 5) is 32.2. The third kappa shape index (κ3) is 4.32. The number of aryl methyl sites for hydroxylation is 1. The molecule has 0 bridgehead atoms. The zero-order valence-electron chi connectivity index (χ0n) is 17.0. The van der Waals surface area contributed by atoms with Crippen LogP contribution in [0.15, 0.2) is 36.7 Å². The molecular formula is C22H28N4O2. The van der Waals surface area contributed by atoms with E-state index in [4.69, 9.17) is 0 Å². The predicted molar refractivity (Wildman–Crippen MR) is 111 cm³/mol. The number of para-hydroxylation sites is 1. The van der Waals surface area contributed by atoms with E-state index in [1.165, 1.54) is 5.56 Å². The molecule has 2 heterocycles. The molecule has 1 aromatic carbocycles. The average Bonchev–Trinajstić information content (AvgIpc) is 2.69. The SMILES string of the molecule is CC(=O)N1CCN(C(=O)c2cncc(Nc3c(C)cccc3C(C)C)c2)CC1. The quantitative estimate of drug-likeness (QED) is 0.881. The van der Waals surface area contributed by atoms with Gasteiger partial charge in [-0.15, -0.1) is 0 Å². The molecule has 0 saturated carbocycles. The summed E-state index contributed by atoms with van der Waals surface area (Å²) in [5, 5.41) is 3.46. The van der Waals surface area contributed by atoms with Crippen LogP contribution in [0.25, 0.3) is 0 Å². The highest BCUT2D eigenvalue weighted by atomic mass is 16.2. The summed E-state index contributed by atoms with van der Waals surface area (Å²) >= 11 is 0. The number of rotatable bonds is 4. The number of hydrogen-bond acceptors (Lipinski definition) is 4. The molecular weight excluding hydrogens is 352 g/mol. The second kappa shape index (κ2) is 8.42. The van der Waals surface area contributed by atoms with Gasteiger partial charge in [0.1, 0.15) is 0 Å². The summed E-state index contributed by atoms with van der Waals surface area (Å²) in [6.45, 7) is 10.2. The first kappa shape index (κ1) is 19.9. The van der Waals surface area contributed by atoms with Crippen molar-refractivity contribution in [2.45, 2.75) is 33.6 Å². The van der Waals surface area contributed by atoms with Crippen LogP contribution in [0.3, 0.4) is 0 Å². The topological polar surface area (TPSA) is 65.5 Å². The predicted octanol–water partition coefficient (Wildman–Crippen LogP) is 3.56. The van der Waals surface area contributed by atoms with Gasteiger partial charge in [0.2, 0.25) is 5.91 Å². The standard InChI is InChI=1S/C22H28N4O2/c1-15(2)20-7-5-6-16(3)21(20)24-19-12-18(13-23-14-19)22(28)26-10-8-25(9-11-26)17(4)27/h5-7,12-15,24H,8-11H2,1-4H3. The highest BCUT2D eigenvalue weighted by Crippen LogP contribution is 2.30. The fraction of sp³-hybridized carbons (Fsp3) is 0.409. The number of carbonyl (C=O) groups excluding carboxylic acids is 2. The Bertz CT molecular complexity index is 871. The van der Waals surface area contributed by atoms with E-state index in [2.05, 4.69) is 49.3 Å². The molecule has 1 saturated heterocycles. The average molecular weight is 380 g/mol. The zero-order chi connectivity index (χ0) is 20.3. The molecule has 6 nitrogen and oxygen atoms in total. The van der Waals surface area contributed by atoms with Gasteiger partial charge in [0.05, 0.1) is 17.4 Å². The third-order valence-corrected chi connectivity index (χ3v) is 5.19. The van der Waals surface area contributed by atoms with E-state index in [-0.39, 0.29) is 11.8 Å². The molecule has 3 rings (SSSR count). The number of piperazine rings is 1. The van der Waals surface area contributed by atoms with E-state index in [9.17, 15) is 9.59 Å². The molecule has 0 aliphatic carbocycles. The van der Waals surface area contributed by atoms with Gasteiger partial charge in [-0.25, -0.2) is 0 Å². The Balaban J connectivity index is 1.77. The maximum absolute atomic E-state index is 12.9. The van der Waals surface area contributed by atoms with Crippen LogP contribution in [-0.4, -0.2) is 52.8 Å². The lowest BCUT2D eigenvalue weighted by Crippen LogP contribution is -2.50. The van der Waals surface area contributed by atoms with Crippen LogP contribution in [0.2, 0.25) is 0 Å². The lowest BCUT2D eigenvalue weighted by molar-refractivity contribution is -0.130.